The fourth-order valence-electron chi connectivity index (χ4n) is 2.24. The Morgan fingerprint density at radius 3 is 2.19 bits per heavy atom. The van der Waals surface area contributed by atoms with Gasteiger partial charge in [-0.3, -0.25) is 4.79 Å². The number of ether oxygens (including phenoxy) is 1. The minimum Gasteiger partial charge on any atom is -0.369 e. The summed E-state index contributed by atoms with van der Waals surface area (Å²) in [5.41, 5.74) is -0.676. The highest BCUT2D eigenvalue weighted by atomic mass is 16.5. The molecule has 0 spiro atoms. The Labute approximate surface area is 99.1 Å². The maximum Gasteiger partial charge on any atom is 0.254 e. The van der Waals surface area contributed by atoms with Gasteiger partial charge in [0.2, 0.25) is 0 Å². The molecule has 1 aliphatic heterocycles. The number of hydrogen-bond acceptors (Lipinski definition) is 2. The van der Waals surface area contributed by atoms with E-state index in [1.807, 2.05) is 18.7 Å². The number of rotatable bonds is 3. The van der Waals surface area contributed by atoms with Crippen LogP contribution >= 0.6 is 0 Å². The van der Waals surface area contributed by atoms with Gasteiger partial charge in [0.05, 0.1) is 0 Å². The van der Waals surface area contributed by atoms with E-state index in [2.05, 4.69) is 13.8 Å². The van der Waals surface area contributed by atoms with Crippen LogP contribution in [0.1, 0.15) is 40.5 Å². The van der Waals surface area contributed by atoms with Gasteiger partial charge in [0.25, 0.3) is 5.91 Å². The quantitative estimate of drug-likeness (QED) is 0.740. The summed E-state index contributed by atoms with van der Waals surface area (Å²) in [5.74, 6) is 1.62. The highest BCUT2D eigenvalue weighted by molar-refractivity contribution is 5.84. The van der Waals surface area contributed by atoms with Crippen LogP contribution in [-0.2, 0) is 9.53 Å². The van der Waals surface area contributed by atoms with E-state index in [0.29, 0.717) is 0 Å². The minimum absolute atomic E-state index is 0.122. The Bertz CT molecular complexity index is 240. The molecule has 1 rings (SSSR count). The van der Waals surface area contributed by atoms with Crippen molar-refractivity contribution in [2.45, 2.75) is 46.1 Å². The van der Waals surface area contributed by atoms with Crippen molar-refractivity contribution in [3.8, 4) is 0 Å². The van der Waals surface area contributed by atoms with E-state index in [9.17, 15) is 4.79 Å². The number of piperidine rings is 1. The number of nitrogens with zero attached hydrogens (tertiary/aromatic N) is 1. The zero-order chi connectivity index (χ0) is 12.3. The smallest absolute Gasteiger partial charge is 0.254 e. The molecule has 94 valence electrons. The Kier molecular flexibility index (Phi) is 4.36. The van der Waals surface area contributed by atoms with Gasteiger partial charge in [0, 0.05) is 20.2 Å². The Balaban J connectivity index is 2.51. The Hall–Kier alpha value is -0.570. The average Bonchev–Trinajstić information content (AvgIpc) is 2.28. The molecular formula is C13H25NO2. The molecule has 3 nitrogen and oxygen atoms in total. The first kappa shape index (κ1) is 13.5. The average molecular weight is 227 g/mol. The second kappa shape index (κ2) is 5.17. The van der Waals surface area contributed by atoms with Crippen molar-refractivity contribution in [3.05, 3.63) is 0 Å². The predicted octanol–water partition coefficient (Wildman–Crippen LogP) is 2.31. The maximum absolute atomic E-state index is 12.1. The first-order valence-electron chi connectivity index (χ1n) is 6.23. The molecule has 0 bridgehead atoms. The van der Waals surface area contributed by atoms with Crippen molar-refractivity contribution >= 4 is 5.91 Å². The third kappa shape index (κ3) is 2.97. The lowest BCUT2D eigenvalue weighted by molar-refractivity contribution is -0.152. The molecule has 0 saturated carbocycles. The summed E-state index contributed by atoms with van der Waals surface area (Å²) in [5, 5.41) is 0. The summed E-state index contributed by atoms with van der Waals surface area (Å²) in [6, 6.07) is 0. The van der Waals surface area contributed by atoms with Crippen LogP contribution in [0.25, 0.3) is 0 Å². The van der Waals surface area contributed by atoms with Crippen LogP contribution in [0.2, 0.25) is 0 Å². The van der Waals surface area contributed by atoms with E-state index in [4.69, 9.17) is 4.74 Å². The molecule has 0 N–H and O–H groups in total. The lowest BCUT2D eigenvalue weighted by Gasteiger charge is -2.37. The molecule has 0 aromatic carbocycles. The molecule has 0 aromatic rings. The highest BCUT2D eigenvalue weighted by Crippen LogP contribution is 2.26. The predicted molar refractivity (Wildman–Crippen MR) is 65.2 cm³/mol. The zero-order valence-electron chi connectivity index (χ0n) is 11.2. The standard InChI is InChI=1S/C13H25NO2/c1-10(2)11-6-8-14(9-7-11)12(15)13(3,4)16-5/h10-11H,6-9H2,1-5H3. The molecule has 16 heavy (non-hydrogen) atoms. The minimum atomic E-state index is -0.676. The third-order valence-electron chi connectivity index (χ3n) is 3.79. The molecule has 0 unspecified atom stereocenters. The first-order valence-corrected chi connectivity index (χ1v) is 6.23. The summed E-state index contributed by atoms with van der Waals surface area (Å²) >= 11 is 0. The molecule has 1 heterocycles. The second-order valence-corrected chi connectivity index (χ2v) is 5.59. The lowest BCUT2D eigenvalue weighted by atomic mass is 9.86. The molecule has 1 aliphatic rings. The van der Waals surface area contributed by atoms with Crippen molar-refractivity contribution in [2.75, 3.05) is 20.2 Å². The topological polar surface area (TPSA) is 29.5 Å². The maximum atomic E-state index is 12.1. The molecule has 3 heteroatoms. The van der Waals surface area contributed by atoms with Crippen molar-refractivity contribution < 1.29 is 9.53 Å². The SMILES string of the molecule is COC(C)(C)C(=O)N1CCC(C(C)C)CC1. The number of carbonyl (C=O) groups excluding carboxylic acids is 1. The van der Waals surface area contributed by atoms with E-state index in [-0.39, 0.29) is 5.91 Å². The summed E-state index contributed by atoms with van der Waals surface area (Å²) in [6.45, 7) is 9.97. The van der Waals surface area contributed by atoms with Gasteiger partial charge in [-0.25, -0.2) is 0 Å². The number of methoxy groups -OCH3 is 1. The first-order chi connectivity index (χ1) is 7.38. The molecular weight excluding hydrogens is 202 g/mol. The Morgan fingerprint density at radius 2 is 1.81 bits per heavy atom. The van der Waals surface area contributed by atoms with Crippen LogP contribution in [-0.4, -0.2) is 36.6 Å². The van der Waals surface area contributed by atoms with Gasteiger partial charge in [0.15, 0.2) is 0 Å². The van der Waals surface area contributed by atoms with Crippen LogP contribution in [0.5, 0.6) is 0 Å². The van der Waals surface area contributed by atoms with Gasteiger partial charge < -0.3 is 9.64 Å². The van der Waals surface area contributed by atoms with Gasteiger partial charge in [-0.15, -0.1) is 0 Å². The molecule has 0 aliphatic carbocycles. The van der Waals surface area contributed by atoms with Crippen LogP contribution in [0, 0.1) is 11.8 Å². The van der Waals surface area contributed by atoms with Crippen LogP contribution in [0.4, 0.5) is 0 Å². The van der Waals surface area contributed by atoms with Gasteiger partial charge in [0.1, 0.15) is 5.60 Å². The van der Waals surface area contributed by atoms with E-state index < -0.39 is 5.60 Å². The number of carbonyl (C=O) groups is 1. The van der Waals surface area contributed by atoms with Crippen LogP contribution in [0.3, 0.4) is 0 Å². The van der Waals surface area contributed by atoms with Crippen molar-refractivity contribution in [1.82, 2.24) is 4.90 Å². The highest BCUT2D eigenvalue weighted by Gasteiger charge is 2.34. The normalized spacial score (nSPS) is 19.2. The van der Waals surface area contributed by atoms with Crippen molar-refractivity contribution in [1.29, 1.82) is 0 Å². The summed E-state index contributed by atoms with van der Waals surface area (Å²) in [4.78, 5) is 14.1. The van der Waals surface area contributed by atoms with Gasteiger partial charge in [-0.1, -0.05) is 13.8 Å². The number of likely N-dealkylation sites (tertiary alicyclic amines) is 1. The van der Waals surface area contributed by atoms with E-state index >= 15 is 0 Å². The fourth-order valence-corrected chi connectivity index (χ4v) is 2.24. The van der Waals surface area contributed by atoms with E-state index in [1.54, 1.807) is 7.11 Å². The summed E-state index contributed by atoms with van der Waals surface area (Å²) in [7, 11) is 1.60. The second-order valence-electron chi connectivity index (χ2n) is 5.59. The Morgan fingerprint density at radius 1 is 1.31 bits per heavy atom. The molecule has 0 aromatic heterocycles. The monoisotopic (exact) mass is 227 g/mol. The molecule has 0 radical (unpaired) electrons. The molecule has 1 saturated heterocycles. The summed E-state index contributed by atoms with van der Waals surface area (Å²) in [6.07, 6.45) is 2.26. The number of amides is 1. The van der Waals surface area contributed by atoms with Crippen LogP contribution < -0.4 is 0 Å². The van der Waals surface area contributed by atoms with Crippen molar-refractivity contribution in [3.63, 3.8) is 0 Å². The molecule has 0 atom stereocenters. The zero-order valence-corrected chi connectivity index (χ0v) is 11.2. The number of hydrogen-bond donors (Lipinski definition) is 0. The van der Waals surface area contributed by atoms with Gasteiger partial charge in [-0.05, 0) is 38.5 Å². The van der Waals surface area contributed by atoms with Gasteiger partial charge >= 0.3 is 0 Å². The van der Waals surface area contributed by atoms with Crippen LogP contribution in [0.15, 0.2) is 0 Å². The van der Waals surface area contributed by atoms with E-state index in [0.717, 1.165) is 37.8 Å². The lowest BCUT2D eigenvalue weighted by Crippen LogP contribution is -2.49. The van der Waals surface area contributed by atoms with E-state index in [1.165, 1.54) is 0 Å². The molecule has 1 amide bonds. The molecule has 1 fully saturated rings. The third-order valence-corrected chi connectivity index (χ3v) is 3.79. The van der Waals surface area contributed by atoms with Crippen molar-refractivity contribution in [2.24, 2.45) is 11.8 Å². The van der Waals surface area contributed by atoms with Gasteiger partial charge in [-0.2, -0.15) is 0 Å². The fraction of sp³-hybridized carbons (Fsp3) is 0.923. The summed E-state index contributed by atoms with van der Waals surface area (Å²) < 4.78 is 5.24. The largest absolute Gasteiger partial charge is 0.369 e.